The van der Waals surface area contributed by atoms with Gasteiger partial charge in [-0.3, -0.25) is 0 Å². The van der Waals surface area contributed by atoms with Crippen LogP contribution in [0, 0.1) is 13.8 Å². The predicted molar refractivity (Wildman–Crippen MR) is 77.1 cm³/mol. The van der Waals surface area contributed by atoms with E-state index in [0.29, 0.717) is 0 Å². The second-order valence-corrected chi connectivity index (χ2v) is 5.46. The van der Waals surface area contributed by atoms with Gasteiger partial charge in [-0.15, -0.1) is 0 Å². The molecule has 0 unspecified atom stereocenters. The van der Waals surface area contributed by atoms with Gasteiger partial charge >= 0.3 is 0 Å². The first-order chi connectivity index (χ1) is 8.61. The summed E-state index contributed by atoms with van der Waals surface area (Å²) in [6.45, 7) is 8.50. The van der Waals surface area contributed by atoms with Crippen molar-refractivity contribution in [3.63, 3.8) is 0 Å². The number of aryl methyl sites for hydroxylation is 2. The van der Waals surface area contributed by atoms with E-state index in [4.69, 9.17) is 4.98 Å². The minimum absolute atomic E-state index is 0.745. The SMILES string of the molecule is CCCN(C)c1nc(C)cc(C)c1CNC1CC1. The molecule has 1 aromatic heterocycles. The third kappa shape index (κ3) is 3.22. The van der Waals surface area contributed by atoms with E-state index < -0.39 is 0 Å². The van der Waals surface area contributed by atoms with Gasteiger partial charge in [0.2, 0.25) is 0 Å². The molecule has 3 nitrogen and oxygen atoms in total. The third-order valence-corrected chi connectivity index (χ3v) is 3.52. The lowest BCUT2D eigenvalue weighted by atomic mass is 10.1. The Morgan fingerprint density at radius 1 is 1.39 bits per heavy atom. The van der Waals surface area contributed by atoms with Crippen molar-refractivity contribution in [3.8, 4) is 0 Å². The van der Waals surface area contributed by atoms with Gasteiger partial charge in [0.25, 0.3) is 0 Å². The summed E-state index contributed by atoms with van der Waals surface area (Å²) in [5.74, 6) is 1.16. The summed E-state index contributed by atoms with van der Waals surface area (Å²) in [6, 6.07) is 2.93. The highest BCUT2D eigenvalue weighted by atomic mass is 15.2. The molecule has 0 bridgehead atoms. The summed E-state index contributed by atoms with van der Waals surface area (Å²) < 4.78 is 0. The molecule has 0 aromatic carbocycles. The molecule has 1 aliphatic rings. The first kappa shape index (κ1) is 13.3. The normalized spacial score (nSPS) is 14.9. The summed E-state index contributed by atoms with van der Waals surface area (Å²) in [5, 5.41) is 3.60. The van der Waals surface area contributed by atoms with Crippen molar-refractivity contribution in [1.82, 2.24) is 10.3 Å². The second kappa shape index (κ2) is 5.70. The fourth-order valence-corrected chi connectivity index (χ4v) is 2.35. The van der Waals surface area contributed by atoms with Crippen molar-refractivity contribution in [2.75, 3.05) is 18.5 Å². The zero-order valence-electron chi connectivity index (χ0n) is 12.1. The van der Waals surface area contributed by atoms with Crippen molar-refractivity contribution in [2.24, 2.45) is 0 Å². The number of nitrogens with one attached hydrogen (secondary N) is 1. The molecule has 0 aliphatic heterocycles. The largest absolute Gasteiger partial charge is 0.359 e. The Morgan fingerprint density at radius 3 is 2.72 bits per heavy atom. The first-order valence-corrected chi connectivity index (χ1v) is 7.03. The number of nitrogens with zero attached hydrogens (tertiary/aromatic N) is 2. The lowest BCUT2D eigenvalue weighted by molar-refractivity contribution is 0.678. The van der Waals surface area contributed by atoms with Crippen molar-refractivity contribution in [1.29, 1.82) is 0 Å². The molecule has 0 radical (unpaired) electrons. The number of pyridine rings is 1. The number of hydrogen-bond acceptors (Lipinski definition) is 3. The van der Waals surface area contributed by atoms with E-state index in [1.165, 1.54) is 24.0 Å². The molecule has 1 saturated carbocycles. The van der Waals surface area contributed by atoms with Gasteiger partial charge in [0.05, 0.1) is 0 Å². The highest BCUT2D eigenvalue weighted by Crippen LogP contribution is 2.24. The van der Waals surface area contributed by atoms with Gasteiger partial charge in [-0.2, -0.15) is 0 Å². The molecule has 100 valence electrons. The minimum atomic E-state index is 0.745. The van der Waals surface area contributed by atoms with E-state index in [1.807, 2.05) is 0 Å². The van der Waals surface area contributed by atoms with Gasteiger partial charge in [-0.1, -0.05) is 6.92 Å². The molecule has 1 N–H and O–H groups in total. The molecule has 3 heteroatoms. The van der Waals surface area contributed by atoms with Gasteiger partial charge in [0.15, 0.2) is 0 Å². The fourth-order valence-electron chi connectivity index (χ4n) is 2.35. The second-order valence-electron chi connectivity index (χ2n) is 5.46. The maximum Gasteiger partial charge on any atom is 0.133 e. The van der Waals surface area contributed by atoms with Crippen molar-refractivity contribution < 1.29 is 0 Å². The van der Waals surface area contributed by atoms with Crippen LogP contribution in [0.4, 0.5) is 5.82 Å². The van der Waals surface area contributed by atoms with Crippen LogP contribution < -0.4 is 10.2 Å². The van der Waals surface area contributed by atoms with Crippen LogP contribution in [0.25, 0.3) is 0 Å². The van der Waals surface area contributed by atoms with Crippen molar-refractivity contribution in [2.45, 2.75) is 52.6 Å². The summed E-state index contributed by atoms with van der Waals surface area (Å²) in [7, 11) is 2.14. The molecule has 1 heterocycles. The Kier molecular flexibility index (Phi) is 4.23. The lowest BCUT2D eigenvalue weighted by Crippen LogP contribution is -2.24. The Balaban J connectivity index is 2.21. The zero-order valence-corrected chi connectivity index (χ0v) is 12.1. The molecular formula is C15H25N3. The summed E-state index contributed by atoms with van der Waals surface area (Å²) in [5.41, 5.74) is 3.83. The average Bonchev–Trinajstić information content (AvgIpc) is 3.11. The summed E-state index contributed by atoms with van der Waals surface area (Å²) >= 11 is 0. The van der Waals surface area contributed by atoms with Gasteiger partial charge in [0, 0.05) is 37.4 Å². The molecule has 18 heavy (non-hydrogen) atoms. The zero-order chi connectivity index (χ0) is 13.1. The maximum absolute atomic E-state index is 4.74. The van der Waals surface area contributed by atoms with E-state index in [1.54, 1.807) is 0 Å². The Hall–Kier alpha value is -1.09. The van der Waals surface area contributed by atoms with E-state index in [0.717, 1.165) is 37.1 Å². The maximum atomic E-state index is 4.74. The first-order valence-electron chi connectivity index (χ1n) is 7.03. The van der Waals surface area contributed by atoms with E-state index in [-0.39, 0.29) is 0 Å². The summed E-state index contributed by atoms with van der Waals surface area (Å²) in [4.78, 5) is 7.02. The monoisotopic (exact) mass is 247 g/mol. The molecule has 2 rings (SSSR count). The van der Waals surface area contributed by atoms with E-state index in [9.17, 15) is 0 Å². The Bertz CT molecular complexity index is 410. The van der Waals surface area contributed by atoms with Crippen LogP contribution in [0.3, 0.4) is 0 Å². The lowest BCUT2D eigenvalue weighted by Gasteiger charge is -2.23. The van der Waals surface area contributed by atoms with Gasteiger partial charge < -0.3 is 10.2 Å². The van der Waals surface area contributed by atoms with Crippen LogP contribution in [-0.4, -0.2) is 24.6 Å². The van der Waals surface area contributed by atoms with Crippen LogP contribution in [-0.2, 0) is 6.54 Å². The number of aromatic nitrogens is 1. The van der Waals surface area contributed by atoms with Crippen LogP contribution in [0.1, 0.15) is 43.0 Å². The highest BCUT2D eigenvalue weighted by Gasteiger charge is 2.21. The number of anilines is 1. The summed E-state index contributed by atoms with van der Waals surface area (Å²) in [6.07, 6.45) is 3.82. The number of hydrogen-bond donors (Lipinski definition) is 1. The molecule has 0 saturated heterocycles. The van der Waals surface area contributed by atoms with Crippen LogP contribution in [0.15, 0.2) is 6.07 Å². The van der Waals surface area contributed by atoms with Crippen molar-refractivity contribution in [3.05, 3.63) is 22.9 Å². The Labute approximate surface area is 111 Å². The van der Waals surface area contributed by atoms with Gasteiger partial charge in [-0.25, -0.2) is 4.98 Å². The predicted octanol–water partition coefficient (Wildman–Crippen LogP) is 2.80. The molecule has 0 amide bonds. The molecule has 0 spiro atoms. The van der Waals surface area contributed by atoms with Crippen LogP contribution in [0.2, 0.25) is 0 Å². The van der Waals surface area contributed by atoms with E-state index >= 15 is 0 Å². The minimum Gasteiger partial charge on any atom is -0.359 e. The average molecular weight is 247 g/mol. The quantitative estimate of drug-likeness (QED) is 0.838. The van der Waals surface area contributed by atoms with Crippen LogP contribution in [0.5, 0.6) is 0 Å². The molecule has 1 fully saturated rings. The molecule has 0 atom stereocenters. The molecule has 1 aromatic rings. The number of rotatable bonds is 6. The van der Waals surface area contributed by atoms with E-state index in [2.05, 4.69) is 44.1 Å². The van der Waals surface area contributed by atoms with Crippen molar-refractivity contribution >= 4 is 5.82 Å². The molecule has 1 aliphatic carbocycles. The van der Waals surface area contributed by atoms with Crippen LogP contribution >= 0.6 is 0 Å². The van der Waals surface area contributed by atoms with Gasteiger partial charge in [-0.05, 0) is 44.7 Å². The fraction of sp³-hybridized carbons (Fsp3) is 0.667. The smallest absolute Gasteiger partial charge is 0.133 e. The molecular weight excluding hydrogens is 222 g/mol. The third-order valence-electron chi connectivity index (χ3n) is 3.52. The Morgan fingerprint density at radius 2 is 2.11 bits per heavy atom. The topological polar surface area (TPSA) is 28.2 Å². The highest BCUT2D eigenvalue weighted by molar-refractivity contribution is 5.51. The van der Waals surface area contributed by atoms with Gasteiger partial charge in [0.1, 0.15) is 5.82 Å². The standard InChI is InChI=1S/C15H25N3/c1-5-8-18(4)15-14(10-16-13-6-7-13)11(2)9-12(3)17-15/h9,13,16H,5-8,10H2,1-4H3.